The van der Waals surface area contributed by atoms with Gasteiger partial charge in [-0.25, -0.2) is 4.79 Å². The minimum atomic E-state index is -0.127. The fourth-order valence-electron chi connectivity index (χ4n) is 3.87. The Morgan fingerprint density at radius 3 is 2.88 bits per heavy atom. The van der Waals surface area contributed by atoms with Gasteiger partial charge in [-0.2, -0.15) is 0 Å². The molecule has 2 aliphatic rings. The third kappa shape index (κ3) is 3.85. The summed E-state index contributed by atoms with van der Waals surface area (Å²) in [6.07, 6.45) is 5.68. The minimum absolute atomic E-state index is 0.127. The van der Waals surface area contributed by atoms with Crippen LogP contribution in [0.4, 0.5) is 10.5 Å². The largest absolute Gasteiger partial charge is 0.449 e. The molecule has 2 saturated heterocycles. The molecule has 0 bridgehead atoms. The lowest BCUT2D eigenvalue weighted by Gasteiger charge is -2.49. The van der Waals surface area contributed by atoms with E-state index in [1.165, 1.54) is 30.5 Å². The molecule has 1 amide bonds. The Hall–Kier alpha value is -1.71. The van der Waals surface area contributed by atoms with Crippen molar-refractivity contribution in [1.29, 1.82) is 0 Å². The summed E-state index contributed by atoms with van der Waals surface area (Å²) in [6, 6.07) is 9.36. The average Bonchev–Trinajstić information content (AvgIpc) is 2.54. The normalized spacial score (nSPS) is 21.5. The van der Waals surface area contributed by atoms with E-state index in [4.69, 9.17) is 4.74 Å². The van der Waals surface area contributed by atoms with E-state index in [1.807, 2.05) is 4.90 Å². The first-order valence-corrected chi connectivity index (χ1v) is 9.44. The molecule has 1 aromatic rings. The first-order valence-electron chi connectivity index (χ1n) is 9.44. The highest BCUT2D eigenvalue weighted by Crippen LogP contribution is 2.33. The molecule has 2 aliphatic heterocycles. The second kappa shape index (κ2) is 7.91. The van der Waals surface area contributed by atoms with Gasteiger partial charge in [-0.15, -0.1) is 0 Å². The quantitative estimate of drug-likeness (QED) is 0.758. The van der Waals surface area contributed by atoms with Crippen LogP contribution in [0.1, 0.15) is 44.6 Å². The molecule has 0 radical (unpaired) electrons. The first-order chi connectivity index (χ1) is 11.7. The number of ether oxygens (including phenoxy) is 1. The molecule has 2 heterocycles. The number of hydrogen-bond donors (Lipinski definition) is 0. The van der Waals surface area contributed by atoms with Crippen molar-refractivity contribution in [3.8, 4) is 0 Å². The Morgan fingerprint density at radius 2 is 2.12 bits per heavy atom. The van der Waals surface area contributed by atoms with Crippen LogP contribution in [0.15, 0.2) is 24.3 Å². The van der Waals surface area contributed by atoms with Crippen molar-refractivity contribution in [1.82, 2.24) is 4.90 Å². The maximum Gasteiger partial charge on any atom is 0.409 e. The smallest absolute Gasteiger partial charge is 0.409 e. The SMILES string of the molecule is CCCCOC(=O)N1CC(C2CCCCN2c2cccc(C)c2)C1. The van der Waals surface area contributed by atoms with Gasteiger partial charge in [0.1, 0.15) is 0 Å². The Kier molecular flexibility index (Phi) is 5.64. The number of amides is 1. The molecule has 1 aromatic carbocycles. The monoisotopic (exact) mass is 330 g/mol. The van der Waals surface area contributed by atoms with E-state index in [9.17, 15) is 4.79 Å². The molecule has 3 rings (SSSR count). The predicted octanol–water partition coefficient (Wildman–Crippen LogP) is 4.22. The molecule has 0 saturated carbocycles. The van der Waals surface area contributed by atoms with Crippen LogP contribution < -0.4 is 4.90 Å². The fourth-order valence-corrected chi connectivity index (χ4v) is 3.87. The minimum Gasteiger partial charge on any atom is -0.449 e. The van der Waals surface area contributed by atoms with Crippen LogP contribution >= 0.6 is 0 Å². The topological polar surface area (TPSA) is 32.8 Å². The predicted molar refractivity (Wildman–Crippen MR) is 97.5 cm³/mol. The van der Waals surface area contributed by atoms with Crippen molar-refractivity contribution in [2.45, 2.75) is 52.0 Å². The van der Waals surface area contributed by atoms with Crippen LogP contribution in [-0.2, 0) is 4.74 Å². The lowest BCUT2D eigenvalue weighted by molar-refractivity contribution is 0.0416. The van der Waals surface area contributed by atoms with Crippen LogP contribution in [0.3, 0.4) is 0 Å². The Balaban J connectivity index is 1.57. The number of benzene rings is 1. The van der Waals surface area contributed by atoms with Gasteiger partial charge in [-0.3, -0.25) is 0 Å². The zero-order chi connectivity index (χ0) is 16.9. The van der Waals surface area contributed by atoms with Crippen LogP contribution in [0.25, 0.3) is 0 Å². The maximum absolute atomic E-state index is 12.0. The van der Waals surface area contributed by atoms with E-state index in [2.05, 4.69) is 43.0 Å². The van der Waals surface area contributed by atoms with E-state index in [0.717, 1.165) is 32.5 Å². The summed E-state index contributed by atoms with van der Waals surface area (Å²) in [5, 5.41) is 0. The highest BCUT2D eigenvalue weighted by molar-refractivity contribution is 5.68. The summed E-state index contributed by atoms with van der Waals surface area (Å²) in [4.78, 5) is 16.4. The number of unbranched alkanes of at least 4 members (excludes halogenated alkanes) is 1. The molecule has 0 aliphatic carbocycles. The average molecular weight is 330 g/mol. The molecule has 2 fully saturated rings. The Bertz CT molecular complexity index is 554. The third-order valence-electron chi connectivity index (χ3n) is 5.32. The molecular formula is C20H30N2O2. The van der Waals surface area contributed by atoms with E-state index in [-0.39, 0.29) is 6.09 Å². The molecule has 1 atom stereocenters. The van der Waals surface area contributed by atoms with E-state index >= 15 is 0 Å². The molecule has 4 heteroatoms. The molecule has 0 N–H and O–H groups in total. The number of rotatable bonds is 5. The van der Waals surface area contributed by atoms with Gasteiger partial charge in [-0.1, -0.05) is 25.5 Å². The van der Waals surface area contributed by atoms with Gasteiger partial charge in [0, 0.05) is 37.3 Å². The van der Waals surface area contributed by atoms with Crippen LogP contribution in [0.5, 0.6) is 0 Å². The van der Waals surface area contributed by atoms with Gasteiger partial charge in [-0.05, 0) is 50.3 Å². The van der Waals surface area contributed by atoms with Gasteiger partial charge in [0.25, 0.3) is 0 Å². The number of likely N-dealkylation sites (tertiary alicyclic amines) is 1. The van der Waals surface area contributed by atoms with Crippen molar-refractivity contribution < 1.29 is 9.53 Å². The Morgan fingerprint density at radius 1 is 1.29 bits per heavy atom. The first kappa shape index (κ1) is 17.1. The fraction of sp³-hybridized carbons (Fsp3) is 0.650. The zero-order valence-corrected chi connectivity index (χ0v) is 15.0. The highest BCUT2D eigenvalue weighted by Gasteiger charge is 2.40. The van der Waals surface area contributed by atoms with Crippen molar-refractivity contribution in [2.24, 2.45) is 5.92 Å². The van der Waals surface area contributed by atoms with Crippen LogP contribution in [0.2, 0.25) is 0 Å². The lowest BCUT2D eigenvalue weighted by atomic mass is 9.84. The van der Waals surface area contributed by atoms with E-state index < -0.39 is 0 Å². The van der Waals surface area contributed by atoms with Crippen molar-refractivity contribution in [3.05, 3.63) is 29.8 Å². The van der Waals surface area contributed by atoms with Crippen LogP contribution in [0, 0.1) is 12.8 Å². The lowest BCUT2D eigenvalue weighted by Crippen LogP contribution is -2.59. The summed E-state index contributed by atoms with van der Waals surface area (Å²) < 4.78 is 5.32. The number of piperidine rings is 1. The van der Waals surface area contributed by atoms with E-state index in [1.54, 1.807) is 0 Å². The van der Waals surface area contributed by atoms with E-state index in [0.29, 0.717) is 18.6 Å². The summed E-state index contributed by atoms with van der Waals surface area (Å²) in [7, 11) is 0. The highest BCUT2D eigenvalue weighted by atomic mass is 16.6. The summed E-state index contributed by atoms with van der Waals surface area (Å²) in [5.74, 6) is 0.574. The van der Waals surface area contributed by atoms with Crippen LogP contribution in [-0.4, -0.2) is 43.3 Å². The number of carbonyl (C=O) groups excluding carboxylic acids is 1. The number of aryl methyl sites for hydroxylation is 1. The molecular weight excluding hydrogens is 300 g/mol. The van der Waals surface area contributed by atoms with Crippen molar-refractivity contribution in [2.75, 3.05) is 31.1 Å². The molecule has 132 valence electrons. The number of nitrogens with zero attached hydrogens (tertiary/aromatic N) is 2. The zero-order valence-electron chi connectivity index (χ0n) is 15.0. The molecule has 0 spiro atoms. The summed E-state index contributed by atoms with van der Waals surface area (Å²) in [6.45, 7) is 7.63. The van der Waals surface area contributed by atoms with Crippen molar-refractivity contribution in [3.63, 3.8) is 0 Å². The number of hydrogen-bond acceptors (Lipinski definition) is 3. The number of anilines is 1. The maximum atomic E-state index is 12.0. The van der Waals surface area contributed by atoms with Gasteiger partial charge in [0.05, 0.1) is 6.61 Å². The second-order valence-electron chi connectivity index (χ2n) is 7.23. The molecule has 24 heavy (non-hydrogen) atoms. The van der Waals surface area contributed by atoms with Crippen molar-refractivity contribution >= 4 is 11.8 Å². The molecule has 1 unspecified atom stereocenters. The van der Waals surface area contributed by atoms with Gasteiger partial charge in [0.2, 0.25) is 0 Å². The molecule has 4 nitrogen and oxygen atoms in total. The molecule has 0 aromatic heterocycles. The summed E-state index contributed by atoms with van der Waals surface area (Å²) in [5.41, 5.74) is 2.65. The number of carbonyl (C=O) groups is 1. The third-order valence-corrected chi connectivity index (χ3v) is 5.32. The van der Waals surface area contributed by atoms with Gasteiger partial charge in [0.15, 0.2) is 0 Å². The van der Waals surface area contributed by atoms with Gasteiger partial charge < -0.3 is 14.5 Å². The van der Waals surface area contributed by atoms with Gasteiger partial charge >= 0.3 is 6.09 Å². The summed E-state index contributed by atoms with van der Waals surface area (Å²) >= 11 is 0. The Labute approximate surface area is 145 Å². The standard InChI is InChI=1S/C20H30N2O2/c1-3-4-12-24-20(23)21-14-17(15-21)19-10-5-6-11-22(19)18-9-7-8-16(2)13-18/h7-9,13,17,19H,3-6,10-12,14-15H2,1-2H3. The second-order valence-corrected chi connectivity index (χ2v) is 7.23.